The van der Waals surface area contributed by atoms with E-state index in [9.17, 15) is 9.59 Å². The minimum absolute atomic E-state index is 0.0438. The molecule has 0 spiro atoms. The molecule has 124 valence electrons. The highest BCUT2D eigenvalue weighted by Gasteiger charge is 2.41. The lowest BCUT2D eigenvalue weighted by atomic mass is 9.89. The summed E-state index contributed by atoms with van der Waals surface area (Å²) in [6.07, 6.45) is 0.992. The molecule has 2 amide bonds. The lowest BCUT2D eigenvalue weighted by Crippen LogP contribution is -2.50. The molecule has 8 heteroatoms. The third kappa shape index (κ3) is 4.08. The smallest absolute Gasteiger partial charge is 0.243 e. The van der Waals surface area contributed by atoms with Crippen molar-refractivity contribution in [2.24, 2.45) is 5.92 Å². The quantitative estimate of drug-likeness (QED) is 0.504. The summed E-state index contributed by atoms with van der Waals surface area (Å²) < 4.78 is 0.944. The van der Waals surface area contributed by atoms with Crippen LogP contribution < -0.4 is 26.8 Å². The van der Waals surface area contributed by atoms with Crippen molar-refractivity contribution in [1.29, 1.82) is 0 Å². The van der Waals surface area contributed by atoms with E-state index in [0.29, 0.717) is 11.7 Å². The molecule has 0 aromatic heterocycles. The Kier molecular flexibility index (Phi) is 5.27. The van der Waals surface area contributed by atoms with Crippen LogP contribution in [0.25, 0.3) is 0 Å². The maximum atomic E-state index is 12.3. The second kappa shape index (κ2) is 7.39. The highest BCUT2D eigenvalue weighted by molar-refractivity contribution is 9.10. The van der Waals surface area contributed by atoms with Crippen LogP contribution >= 0.6 is 15.9 Å². The van der Waals surface area contributed by atoms with E-state index in [4.69, 9.17) is 0 Å². The van der Waals surface area contributed by atoms with Gasteiger partial charge in [0.25, 0.3) is 0 Å². The van der Waals surface area contributed by atoms with Crippen molar-refractivity contribution in [3.8, 4) is 0 Å². The number of benzene rings is 1. The third-order valence-electron chi connectivity index (χ3n) is 4.21. The molecule has 0 radical (unpaired) electrons. The number of carbonyl (C=O) groups is 2. The number of rotatable bonds is 4. The van der Waals surface area contributed by atoms with Gasteiger partial charge in [-0.25, -0.2) is 5.43 Å². The van der Waals surface area contributed by atoms with Gasteiger partial charge in [0.05, 0.1) is 6.54 Å². The molecule has 3 atom stereocenters. The molecular formula is C15H20BrN5O2. The first-order valence-corrected chi connectivity index (χ1v) is 8.47. The Hall–Kier alpha value is -1.48. The average molecular weight is 382 g/mol. The topological polar surface area (TPSA) is 94.3 Å². The second-order valence-electron chi connectivity index (χ2n) is 5.80. The summed E-state index contributed by atoms with van der Waals surface area (Å²) in [4.78, 5) is 24.2. The molecule has 1 aromatic carbocycles. The van der Waals surface area contributed by atoms with Crippen LogP contribution in [-0.4, -0.2) is 43.5 Å². The molecule has 2 aliphatic rings. The van der Waals surface area contributed by atoms with Gasteiger partial charge in [-0.1, -0.05) is 15.9 Å². The fraction of sp³-hybridized carbons (Fsp3) is 0.467. The summed E-state index contributed by atoms with van der Waals surface area (Å²) in [5, 5.41) is 8.75. The first-order chi connectivity index (χ1) is 11.1. The lowest BCUT2D eigenvalue weighted by Gasteiger charge is -2.27. The monoisotopic (exact) mass is 381 g/mol. The number of hydrogen-bond donors (Lipinski definition) is 5. The summed E-state index contributed by atoms with van der Waals surface area (Å²) in [6.45, 7) is 1.71. The lowest BCUT2D eigenvalue weighted by molar-refractivity contribution is -0.126. The Balaban J connectivity index is 1.47. The van der Waals surface area contributed by atoms with Crippen molar-refractivity contribution in [3.63, 3.8) is 0 Å². The van der Waals surface area contributed by atoms with E-state index in [1.54, 1.807) is 12.1 Å². The molecule has 0 aliphatic carbocycles. The Morgan fingerprint density at radius 2 is 2.00 bits per heavy atom. The Morgan fingerprint density at radius 3 is 2.78 bits per heavy atom. The van der Waals surface area contributed by atoms with Gasteiger partial charge in [-0.05, 0) is 37.2 Å². The van der Waals surface area contributed by atoms with Crippen molar-refractivity contribution in [1.82, 2.24) is 21.5 Å². The highest BCUT2D eigenvalue weighted by Crippen LogP contribution is 2.20. The number of carbonyl (C=O) groups excluding carboxylic acids is 2. The van der Waals surface area contributed by atoms with Crippen molar-refractivity contribution >= 4 is 33.4 Å². The zero-order valence-corrected chi connectivity index (χ0v) is 14.2. The van der Waals surface area contributed by atoms with Gasteiger partial charge in [0.15, 0.2) is 0 Å². The van der Waals surface area contributed by atoms with E-state index in [2.05, 4.69) is 42.7 Å². The fourth-order valence-corrected chi connectivity index (χ4v) is 3.26. The maximum absolute atomic E-state index is 12.3. The zero-order valence-electron chi connectivity index (χ0n) is 12.6. The number of nitrogens with one attached hydrogen (secondary N) is 5. The Bertz CT molecular complexity index is 580. The molecular weight excluding hydrogens is 362 g/mol. The molecule has 23 heavy (non-hydrogen) atoms. The number of anilines is 1. The van der Waals surface area contributed by atoms with Crippen molar-refractivity contribution in [2.45, 2.75) is 18.5 Å². The van der Waals surface area contributed by atoms with E-state index in [1.165, 1.54) is 0 Å². The molecule has 7 nitrogen and oxygen atoms in total. The first kappa shape index (κ1) is 16.4. The second-order valence-corrected chi connectivity index (χ2v) is 6.72. The van der Waals surface area contributed by atoms with Gasteiger partial charge in [0, 0.05) is 28.7 Å². The Labute approximate surface area is 143 Å². The molecule has 3 rings (SSSR count). The molecule has 2 fully saturated rings. The maximum Gasteiger partial charge on any atom is 0.243 e. The predicted molar refractivity (Wildman–Crippen MR) is 90.6 cm³/mol. The first-order valence-electron chi connectivity index (χ1n) is 7.68. The van der Waals surface area contributed by atoms with Gasteiger partial charge in [-0.2, -0.15) is 0 Å². The van der Waals surface area contributed by atoms with Gasteiger partial charge in [-0.15, -0.1) is 0 Å². The SMILES string of the molecule is O=C(CNC(=O)C1NNC2CCNCC21)Nc1ccc(Br)cc1. The average Bonchev–Trinajstić information content (AvgIpc) is 2.99. The summed E-state index contributed by atoms with van der Waals surface area (Å²) >= 11 is 3.34. The van der Waals surface area contributed by atoms with Crippen LogP contribution in [0.4, 0.5) is 5.69 Å². The normalized spacial score (nSPS) is 26.4. The van der Waals surface area contributed by atoms with Crippen LogP contribution in [0.1, 0.15) is 6.42 Å². The summed E-state index contributed by atoms with van der Waals surface area (Å²) in [5.74, 6) is -0.192. The van der Waals surface area contributed by atoms with Crippen LogP contribution in [0.5, 0.6) is 0 Å². The number of halogens is 1. The van der Waals surface area contributed by atoms with Crippen molar-refractivity contribution in [2.75, 3.05) is 25.0 Å². The number of amides is 2. The molecule has 0 saturated carbocycles. The highest BCUT2D eigenvalue weighted by atomic mass is 79.9. The predicted octanol–water partition coefficient (Wildman–Crippen LogP) is -0.0417. The number of piperidine rings is 1. The van der Waals surface area contributed by atoms with E-state index in [-0.39, 0.29) is 30.3 Å². The summed E-state index contributed by atoms with van der Waals surface area (Å²) in [6, 6.07) is 7.28. The third-order valence-corrected chi connectivity index (χ3v) is 4.74. The van der Waals surface area contributed by atoms with E-state index < -0.39 is 0 Å². The van der Waals surface area contributed by atoms with E-state index in [0.717, 1.165) is 24.0 Å². The number of fused-ring (bicyclic) bond motifs is 1. The molecule has 3 unspecified atom stereocenters. The van der Waals surface area contributed by atoms with Gasteiger partial charge < -0.3 is 16.0 Å². The molecule has 2 aliphatic heterocycles. The molecule has 2 saturated heterocycles. The van der Waals surface area contributed by atoms with E-state index in [1.807, 2.05) is 12.1 Å². The van der Waals surface area contributed by atoms with Crippen LogP contribution in [-0.2, 0) is 9.59 Å². The van der Waals surface area contributed by atoms with Crippen LogP contribution in [0, 0.1) is 5.92 Å². The molecule has 1 aromatic rings. The van der Waals surface area contributed by atoms with Crippen LogP contribution in [0.15, 0.2) is 28.7 Å². The van der Waals surface area contributed by atoms with Gasteiger partial charge in [0.2, 0.25) is 11.8 Å². The van der Waals surface area contributed by atoms with E-state index >= 15 is 0 Å². The van der Waals surface area contributed by atoms with Gasteiger partial charge in [0.1, 0.15) is 6.04 Å². The van der Waals surface area contributed by atoms with Gasteiger partial charge >= 0.3 is 0 Å². The summed E-state index contributed by atoms with van der Waals surface area (Å²) in [5.41, 5.74) is 6.90. The molecule has 5 N–H and O–H groups in total. The zero-order chi connectivity index (χ0) is 16.2. The van der Waals surface area contributed by atoms with Crippen LogP contribution in [0.3, 0.4) is 0 Å². The standard InChI is InChI=1S/C15H20BrN5O2/c16-9-1-3-10(4-2-9)19-13(22)8-18-15(23)14-11-7-17-6-5-12(11)20-21-14/h1-4,11-12,14,17,20-21H,5-8H2,(H,18,23)(H,19,22). The number of hydrazine groups is 1. The van der Waals surface area contributed by atoms with Gasteiger partial charge in [-0.3, -0.25) is 15.0 Å². The molecule has 0 bridgehead atoms. The minimum Gasteiger partial charge on any atom is -0.346 e. The van der Waals surface area contributed by atoms with Crippen molar-refractivity contribution in [3.05, 3.63) is 28.7 Å². The Morgan fingerprint density at radius 1 is 1.22 bits per heavy atom. The fourth-order valence-electron chi connectivity index (χ4n) is 2.99. The molecule has 2 heterocycles. The van der Waals surface area contributed by atoms with Crippen molar-refractivity contribution < 1.29 is 9.59 Å². The minimum atomic E-state index is -0.312. The number of hydrogen-bond acceptors (Lipinski definition) is 5. The summed E-state index contributed by atoms with van der Waals surface area (Å²) in [7, 11) is 0. The van der Waals surface area contributed by atoms with Crippen LogP contribution in [0.2, 0.25) is 0 Å². The largest absolute Gasteiger partial charge is 0.346 e.